The second-order valence-corrected chi connectivity index (χ2v) is 13.8. The van der Waals surface area contributed by atoms with Gasteiger partial charge in [-0.15, -0.1) is 0 Å². The Labute approximate surface area is 301 Å². The number of hydrogen-bond donors (Lipinski definition) is 2. The van der Waals surface area contributed by atoms with Crippen molar-refractivity contribution in [1.82, 2.24) is 10.6 Å². The van der Waals surface area contributed by atoms with E-state index in [1.807, 2.05) is 24.3 Å². The molecule has 0 spiro atoms. The maximum atomic E-state index is 12.7. The molecule has 2 N–H and O–H groups in total. The molecule has 2 aromatic carbocycles. The standard InChI is InChI=1S/C42H60N4O4/c43-33-35-23-27-37(28-24-35)49-31-17-11-7-3-1-5-9-13-21-41(47)45-39-19-15-16-20-40(39)46-42(48)22-14-10-6-2-4-8-12-18-32-50-38-29-25-36(34-44)26-30-38/h23-30,39-40H,1-22,31-32H2,(H,45,47)(H,46,48)/t39-,40-/m1/s1. The van der Waals surface area contributed by atoms with Crippen molar-refractivity contribution in [3.63, 3.8) is 0 Å². The van der Waals surface area contributed by atoms with Gasteiger partial charge in [-0.25, -0.2) is 0 Å². The molecule has 3 rings (SSSR count). The minimum absolute atomic E-state index is 0.0515. The molecule has 1 saturated carbocycles. The smallest absolute Gasteiger partial charge is 0.220 e. The predicted octanol–water partition coefficient (Wildman–Crippen LogP) is 9.45. The molecule has 50 heavy (non-hydrogen) atoms. The molecule has 2 amide bonds. The van der Waals surface area contributed by atoms with Gasteiger partial charge >= 0.3 is 0 Å². The number of nitrogens with one attached hydrogen (secondary N) is 2. The second kappa shape index (κ2) is 25.9. The van der Waals surface area contributed by atoms with Gasteiger partial charge in [0.2, 0.25) is 11.8 Å². The number of carbonyl (C=O) groups excluding carboxylic acids is 2. The van der Waals surface area contributed by atoms with Crippen molar-refractivity contribution in [2.75, 3.05) is 13.2 Å². The highest BCUT2D eigenvalue weighted by Gasteiger charge is 2.27. The van der Waals surface area contributed by atoms with Crippen molar-refractivity contribution < 1.29 is 19.1 Å². The number of amides is 2. The molecule has 0 heterocycles. The van der Waals surface area contributed by atoms with Gasteiger partial charge in [-0.3, -0.25) is 9.59 Å². The van der Waals surface area contributed by atoms with Crippen LogP contribution in [0.2, 0.25) is 0 Å². The fraction of sp³-hybridized carbons (Fsp3) is 0.619. The lowest BCUT2D eigenvalue weighted by Crippen LogP contribution is -2.53. The van der Waals surface area contributed by atoms with Crippen LogP contribution in [0.5, 0.6) is 11.5 Å². The second-order valence-electron chi connectivity index (χ2n) is 13.8. The molecule has 2 aromatic rings. The summed E-state index contributed by atoms with van der Waals surface area (Å²) in [4.78, 5) is 25.4. The number of nitrogens with zero attached hydrogens (tertiary/aromatic N) is 2. The predicted molar refractivity (Wildman–Crippen MR) is 199 cm³/mol. The third-order valence-electron chi connectivity index (χ3n) is 9.56. The van der Waals surface area contributed by atoms with Gasteiger partial charge in [0.25, 0.3) is 0 Å². The van der Waals surface area contributed by atoms with Crippen molar-refractivity contribution in [2.45, 2.75) is 153 Å². The third kappa shape index (κ3) is 18.1. The molecule has 8 nitrogen and oxygen atoms in total. The van der Waals surface area contributed by atoms with E-state index in [0.29, 0.717) is 37.2 Å². The molecule has 272 valence electrons. The van der Waals surface area contributed by atoms with Gasteiger partial charge < -0.3 is 20.1 Å². The molecule has 2 atom stereocenters. The maximum absolute atomic E-state index is 12.7. The zero-order valence-electron chi connectivity index (χ0n) is 30.3. The summed E-state index contributed by atoms with van der Waals surface area (Å²) in [5.41, 5.74) is 1.29. The number of nitriles is 2. The monoisotopic (exact) mass is 684 g/mol. The molecule has 0 saturated heterocycles. The van der Waals surface area contributed by atoms with E-state index >= 15 is 0 Å². The van der Waals surface area contributed by atoms with E-state index in [2.05, 4.69) is 22.8 Å². The molecule has 0 aliphatic heterocycles. The van der Waals surface area contributed by atoms with Gasteiger partial charge in [0.1, 0.15) is 11.5 Å². The largest absolute Gasteiger partial charge is 0.494 e. The van der Waals surface area contributed by atoms with Gasteiger partial charge in [0.15, 0.2) is 0 Å². The van der Waals surface area contributed by atoms with Gasteiger partial charge in [-0.05, 0) is 87.1 Å². The molecule has 1 aliphatic carbocycles. The molecule has 1 aliphatic rings. The Morgan fingerprint density at radius 3 is 1.18 bits per heavy atom. The number of benzene rings is 2. The molecule has 1 fully saturated rings. The van der Waals surface area contributed by atoms with Crippen LogP contribution in [0.15, 0.2) is 48.5 Å². The van der Waals surface area contributed by atoms with E-state index in [9.17, 15) is 9.59 Å². The first-order valence-electron chi connectivity index (χ1n) is 19.4. The molecule has 8 heteroatoms. The van der Waals surface area contributed by atoms with Crippen molar-refractivity contribution in [2.24, 2.45) is 0 Å². The van der Waals surface area contributed by atoms with Gasteiger partial charge in [0.05, 0.1) is 36.5 Å². The lowest BCUT2D eigenvalue weighted by atomic mass is 9.90. The third-order valence-corrected chi connectivity index (χ3v) is 9.56. The summed E-state index contributed by atoms with van der Waals surface area (Å²) in [6.07, 6.45) is 23.1. The summed E-state index contributed by atoms with van der Waals surface area (Å²) in [5, 5.41) is 24.2. The minimum Gasteiger partial charge on any atom is -0.494 e. The van der Waals surface area contributed by atoms with E-state index in [0.717, 1.165) is 101 Å². The molecule has 0 radical (unpaired) electrons. The number of unbranched alkanes of at least 4 members (excludes halogenated alkanes) is 14. The van der Waals surface area contributed by atoms with Crippen LogP contribution in [-0.2, 0) is 9.59 Å². The molecular weight excluding hydrogens is 624 g/mol. The highest BCUT2D eigenvalue weighted by molar-refractivity contribution is 5.77. The van der Waals surface area contributed by atoms with E-state index in [1.54, 1.807) is 24.3 Å². The lowest BCUT2D eigenvalue weighted by Gasteiger charge is -2.33. The molecule has 0 aromatic heterocycles. The summed E-state index contributed by atoms with van der Waals surface area (Å²) in [7, 11) is 0. The normalized spacial score (nSPS) is 15.4. The Morgan fingerprint density at radius 2 is 0.840 bits per heavy atom. The number of carbonyl (C=O) groups is 2. The van der Waals surface area contributed by atoms with Crippen LogP contribution >= 0.6 is 0 Å². The van der Waals surface area contributed by atoms with Crippen LogP contribution in [0.3, 0.4) is 0 Å². The van der Waals surface area contributed by atoms with E-state index in [4.69, 9.17) is 20.0 Å². The van der Waals surface area contributed by atoms with Crippen molar-refractivity contribution in [3.05, 3.63) is 59.7 Å². The average Bonchev–Trinajstić information content (AvgIpc) is 3.14. The molecule has 0 bridgehead atoms. The summed E-state index contributed by atoms with van der Waals surface area (Å²) < 4.78 is 11.5. The number of rotatable bonds is 26. The van der Waals surface area contributed by atoms with Crippen LogP contribution in [0, 0.1) is 22.7 Å². The van der Waals surface area contributed by atoms with Crippen LogP contribution in [0.1, 0.15) is 152 Å². The Bertz CT molecular complexity index is 1200. The quantitative estimate of drug-likeness (QED) is 0.0952. The number of hydrogen-bond acceptors (Lipinski definition) is 6. The fourth-order valence-electron chi connectivity index (χ4n) is 6.56. The van der Waals surface area contributed by atoms with Gasteiger partial charge in [0, 0.05) is 24.9 Å². The zero-order valence-corrected chi connectivity index (χ0v) is 30.3. The Kier molecular flexibility index (Phi) is 20.9. The molecular formula is C42H60N4O4. The average molecular weight is 685 g/mol. The van der Waals surface area contributed by atoms with Crippen molar-refractivity contribution in [1.29, 1.82) is 10.5 Å². The summed E-state index contributed by atoms with van der Waals surface area (Å²) in [6.45, 7) is 1.41. The Balaban J connectivity index is 1.11. The summed E-state index contributed by atoms with van der Waals surface area (Å²) in [6, 6.07) is 18.8. The highest BCUT2D eigenvalue weighted by atomic mass is 16.5. The van der Waals surface area contributed by atoms with Crippen molar-refractivity contribution >= 4 is 11.8 Å². The highest BCUT2D eigenvalue weighted by Crippen LogP contribution is 2.20. The maximum Gasteiger partial charge on any atom is 0.220 e. The fourth-order valence-corrected chi connectivity index (χ4v) is 6.56. The zero-order chi connectivity index (χ0) is 35.5. The van der Waals surface area contributed by atoms with Crippen LogP contribution in [-0.4, -0.2) is 37.1 Å². The van der Waals surface area contributed by atoms with Crippen LogP contribution in [0.25, 0.3) is 0 Å². The first kappa shape index (κ1) is 40.4. The molecule has 0 unspecified atom stereocenters. The topological polar surface area (TPSA) is 124 Å². The van der Waals surface area contributed by atoms with Crippen molar-refractivity contribution in [3.8, 4) is 23.6 Å². The first-order valence-corrected chi connectivity index (χ1v) is 19.4. The first-order chi connectivity index (χ1) is 24.6. The van der Waals surface area contributed by atoms with Gasteiger partial charge in [-0.1, -0.05) is 89.9 Å². The lowest BCUT2D eigenvalue weighted by molar-refractivity contribution is -0.125. The van der Waals surface area contributed by atoms with Crippen LogP contribution < -0.4 is 20.1 Å². The van der Waals surface area contributed by atoms with E-state index in [-0.39, 0.29) is 23.9 Å². The van der Waals surface area contributed by atoms with E-state index in [1.165, 1.54) is 38.5 Å². The minimum atomic E-state index is 0.0515. The summed E-state index contributed by atoms with van der Waals surface area (Å²) in [5.74, 6) is 1.88. The van der Waals surface area contributed by atoms with Crippen LogP contribution in [0.4, 0.5) is 0 Å². The Hall–Kier alpha value is -4.04. The van der Waals surface area contributed by atoms with E-state index < -0.39 is 0 Å². The Morgan fingerprint density at radius 1 is 0.520 bits per heavy atom. The van der Waals surface area contributed by atoms with Gasteiger partial charge in [-0.2, -0.15) is 10.5 Å². The SMILES string of the molecule is N#Cc1ccc(OCCCCCCCCCCC(=O)N[C@@H]2CCCC[C@H]2NC(=O)CCCCCCCCCCOc2ccc(C#N)cc2)cc1. The number of ether oxygens (including phenoxy) is 2. The summed E-state index contributed by atoms with van der Waals surface area (Å²) >= 11 is 0.